The first-order valence-electron chi connectivity index (χ1n) is 8.45. The van der Waals surface area contributed by atoms with Gasteiger partial charge in [-0.1, -0.05) is 64.7 Å². The first-order chi connectivity index (χ1) is 11.6. The highest BCUT2D eigenvalue weighted by molar-refractivity contribution is 7.80. The van der Waals surface area contributed by atoms with Crippen molar-refractivity contribution in [2.75, 3.05) is 19.8 Å². The molecule has 0 unspecified atom stereocenters. The third-order valence-electron chi connectivity index (χ3n) is 3.10. The van der Waals surface area contributed by atoms with Crippen LogP contribution in [0.25, 0.3) is 0 Å². The summed E-state index contributed by atoms with van der Waals surface area (Å²) in [5.41, 5.74) is 0. The monoisotopic (exact) mass is 408 g/mol. The van der Waals surface area contributed by atoms with E-state index in [4.69, 9.17) is 26.8 Å². The molecule has 0 rings (SSSR count). The van der Waals surface area contributed by atoms with E-state index in [2.05, 4.69) is 11.1 Å². The van der Waals surface area contributed by atoms with Crippen molar-refractivity contribution < 1.29 is 39.4 Å². The molecular weight excluding hydrogens is 376 g/mol. The van der Waals surface area contributed by atoms with E-state index in [0.29, 0.717) is 6.61 Å². The minimum Gasteiger partial charge on any atom is -0.379 e. The topological polar surface area (TPSA) is 147 Å². The van der Waals surface area contributed by atoms with Gasteiger partial charge in [-0.3, -0.25) is 13.7 Å². The molecule has 0 heterocycles. The fourth-order valence-electron chi connectivity index (χ4n) is 1.99. The number of hydrogen-bond acceptors (Lipinski definition) is 6. The maximum absolute atomic E-state index is 10.2. The molecule has 154 valence electrons. The van der Waals surface area contributed by atoms with Crippen LogP contribution in [-0.2, 0) is 29.7 Å². The van der Waals surface area contributed by atoms with E-state index in [1.165, 1.54) is 51.4 Å². The maximum atomic E-state index is 10.2. The van der Waals surface area contributed by atoms with Gasteiger partial charge in [0.2, 0.25) is 0 Å². The Bertz CT molecular complexity index is 467. The zero-order chi connectivity index (χ0) is 19.6. The van der Waals surface area contributed by atoms with Crippen molar-refractivity contribution in [3.8, 4) is 0 Å². The van der Waals surface area contributed by atoms with Crippen LogP contribution in [0.15, 0.2) is 0 Å². The van der Waals surface area contributed by atoms with Gasteiger partial charge in [0, 0.05) is 6.61 Å². The lowest BCUT2D eigenvalue weighted by Gasteiger charge is -2.04. The quantitative estimate of drug-likeness (QED) is 0.274. The van der Waals surface area contributed by atoms with E-state index in [1.807, 2.05) is 0 Å². The van der Waals surface area contributed by atoms with Gasteiger partial charge in [-0.25, -0.2) is 4.18 Å². The molecule has 0 radical (unpaired) electrons. The Kier molecular flexibility index (Phi) is 18.4. The zero-order valence-corrected chi connectivity index (χ0v) is 16.4. The van der Waals surface area contributed by atoms with Gasteiger partial charge >= 0.3 is 20.8 Å². The Morgan fingerprint density at radius 3 is 1.44 bits per heavy atom. The Morgan fingerprint density at radius 1 is 0.640 bits per heavy atom. The van der Waals surface area contributed by atoms with Crippen molar-refractivity contribution in [3.63, 3.8) is 0 Å². The molecule has 0 aliphatic heterocycles. The second-order valence-electron chi connectivity index (χ2n) is 5.49. The lowest BCUT2D eigenvalue weighted by molar-refractivity contribution is 0.0945. The summed E-state index contributed by atoms with van der Waals surface area (Å²) >= 11 is 0. The molecule has 9 nitrogen and oxygen atoms in total. The van der Waals surface area contributed by atoms with Crippen LogP contribution in [0, 0.1) is 0 Å². The molecule has 0 aliphatic carbocycles. The van der Waals surface area contributed by atoms with Gasteiger partial charge in [0.05, 0.1) is 13.2 Å². The molecule has 0 bridgehead atoms. The molecule has 0 aromatic carbocycles. The third-order valence-corrected chi connectivity index (χ3v) is 3.57. The van der Waals surface area contributed by atoms with Crippen molar-refractivity contribution in [3.05, 3.63) is 0 Å². The van der Waals surface area contributed by atoms with Crippen LogP contribution >= 0.6 is 0 Å². The van der Waals surface area contributed by atoms with Crippen molar-refractivity contribution in [1.82, 2.24) is 0 Å². The second-order valence-corrected chi connectivity index (χ2v) is 7.48. The average Bonchev–Trinajstić information content (AvgIpc) is 2.45. The van der Waals surface area contributed by atoms with Gasteiger partial charge in [-0.05, 0) is 6.42 Å². The summed E-state index contributed by atoms with van der Waals surface area (Å²) in [5, 5.41) is 0. The zero-order valence-electron chi connectivity index (χ0n) is 14.8. The summed E-state index contributed by atoms with van der Waals surface area (Å²) < 4.78 is 69.7. The molecule has 0 spiro atoms. The molecule has 0 amide bonds. The van der Waals surface area contributed by atoms with Gasteiger partial charge in [-0.15, -0.1) is 0 Å². The van der Waals surface area contributed by atoms with E-state index in [9.17, 15) is 8.42 Å². The van der Waals surface area contributed by atoms with Crippen molar-refractivity contribution >= 4 is 20.8 Å². The third kappa shape index (κ3) is 40.0. The molecule has 0 aliphatic rings. The predicted molar refractivity (Wildman–Crippen MR) is 94.3 cm³/mol. The highest BCUT2D eigenvalue weighted by Crippen LogP contribution is 2.10. The number of hydrogen-bond donors (Lipinski definition) is 3. The average molecular weight is 409 g/mol. The predicted octanol–water partition coefficient (Wildman–Crippen LogP) is 3.09. The first kappa shape index (κ1) is 26.9. The van der Waals surface area contributed by atoms with Gasteiger partial charge in [0.1, 0.15) is 0 Å². The van der Waals surface area contributed by atoms with Crippen LogP contribution in [-0.4, -0.2) is 50.3 Å². The van der Waals surface area contributed by atoms with E-state index < -0.39 is 20.8 Å². The Morgan fingerprint density at radius 2 is 1.04 bits per heavy atom. The van der Waals surface area contributed by atoms with E-state index in [0.717, 1.165) is 12.8 Å². The largest absolute Gasteiger partial charge is 0.397 e. The van der Waals surface area contributed by atoms with E-state index in [1.54, 1.807) is 0 Å². The van der Waals surface area contributed by atoms with Crippen LogP contribution in [0.1, 0.15) is 71.1 Å². The van der Waals surface area contributed by atoms with Crippen LogP contribution in [0.5, 0.6) is 0 Å². The second kappa shape index (κ2) is 17.1. The van der Waals surface area contributed by atoms with Crippen LogP contribution < -0.4 is 0 Å². The summed E-state index contributed by atoms with van der Waals surface area (Å²) in [7, 11) is -8.99. The molecule has 11 heteroatoms. The van der Waals surface area contributed by atoms with Crippen LogP contribution in [0.2, 0.25) is 0 Å². The fraction of sp³-hybridized carbons (Fsp3) is 1.00. The summed E-state index contributed by atoms with van der Waals surface area (Å²) in [6.07, 6.45) is 12.7. The minimum atomic E-state index is -4.67. The summed E-state index contributed by atoms with van der Waals surface area (Å²) in [6.45, 7) is 2.91. The summed E-state index contributed by atoms with van der Waals surface area (Å²) in [5.74, 6) is 0. The molecule has 25 heavy (non-hydrogen) atoms. The Balaban J connectivity index is 0. The Labute approximate surface area is 151 Å². The molecule has 0 fully saturated rings. The van der Waals surface area contributed by atoms with Gasteiger partial charge < -0.3 is 4.74 Å². The van der Waals surface area contributed by atoms with E-state index >= 15 is 0 Å². The lowest BCUT2D eigenvalue weighted by Crippen LogP contribution is -2.10. The molecule has 0 saturated carbocycles. The number of rotatable bonds is 15. The van der Waals surface area contributed by atoms with Crippen LogP contribution in [0.4, 0.5) is 0 Å². The van der Waals surface area contributed by atoms with Crippen molar-refractivity contribution in [1.29, 1.82) is 0 Å². The van der Waals surface area contributed by atoms with Crippen LogP contribution in [0.3, 0.4) is 0 Å². The lowest BCUT2D eigenvalue weighted by atomic mass is 10.1. The first-order valence-corrected chi connectivity index (χ1v) is 11.2. The molecule has 0 atom stereocenters. The fourth-order valence-corrected chi connectivity index (χ4v) is 2.27. The summed E-state index contributed by atoms with van der Waals surface area (Å²) in [4.78, 5) is 0. The van der Waals surface area contributed by atoms with Gasteiger partial charge in [0.25, 0.3) is 0 Å². The summed E-state index contributed by atoms with van der Waals surface area (Å²) in [6, 6.07) is 0. The Hall–Kier alpha value is -0.300. The molecule has 3 N–H and O–H groups in total. The maximum Gasteiger partial charge on any atom is 0.397 e. The van der Waals surface area contributed by atoms with Gasteiger partial charge in [-0.2, -0.15) is 16.8 Å². The number of ether oxygens (including phenoxy) is 1. The van der Waals surface area contributed by atoms with E-state index in [-0.39, 0.29) is 13.2 Å². The van der Waals surface area contributed by atoms with Crippen molar-refractivity contribution in [2.45, 2.75) is 71.1 Å². The SMILES string of the molecule is CCCCCCCCCCCCOCCOS(=O)(=O)O.O=S(=O)(O)O. The number of unbranched alkanes of at least 4 members (excludes halogenated alkanes) is 9. The highest BCUT2D eigenvalue weighted by atomic mass is 32.3. The molecule has 0 saturated heterocycles. The minimum absolute atomic E-state index is 0.128. The van der Waals surface area contributed by atoms with Gasteiger partial charge in [0.15, 0.2) is 0 Å². The highest BCUT2D eigenvalue weighted by Gasteiger charge is 2.02. The van der Waals surface area contributed by atoms with Crippen molar-refractivity contribution in [2.24, 2.45) is 0 Å². The molecule has 0 aromatic rings. The smallest absolute Gasteiger partial charge is 0.379 e. The molecular formula is C14H32O9S2. The standard InChI is InChI=1S/C14H30O5S.H2O4S/c1-2-3-4-5-6-7-8-9-10-11-12-18-13-14-19-20(15,16)17;1-5(2,3)4/h2-14H2,1H3,(H,15,16,17);(H2,1,2,3,4). The normalized spacial score (nSPS) is 11.8. The molecule has 0 aromatic heterocycles.